The maximum absolute atomic E-state index is 11.5. The van der Waals surface area contributed by atoms with E-state index in [1.807, 2.05) is 24.3 Å². The number of carbonyl (C=O) groups is 1. The number of carboxylic acids is 1. The van der Waals surface area contributed by atoms with Gasteiger partial charge in [-0.3, -0.25) is 9.69 Å². The van der Waals surface area contributed by atoms with Crippen LogP contribution >= 0.6 is 0 Å². The minimum atomic E-state index is -0.913. The fraction of sp³-hybridized carbons (Fsp3) is 0.533. The van der Waals surface area contributed by atoms with Crippen LogP contribution in [0, 0.1) is 0 Å². The Morgan fingerprint density at radius 3 is 2.63 bits per heavy atom. The molecule has 1 atom stereocenters. The summed E-state index contributed by atoms with van der Waals surface area (Å²) in [6.07, 6.45) is 1.40. The molecule has 0 saturated heterocycles. The van der Waals surface area contributed by atoms with E-state index in [9.17, 15) is 9.90 Å². The first-order chi connectivity index (χ1) is 8.90. The van der Waals surface area contributed by atoms with E-state index in [1.165, 1.54) is 0 Å². The van der Waals surface area contributed by atoms with Crippen molar-refractivity contribution in [1.29, 1.82) is 0 Å². The van der Waals surface area contributed by atoms with Crippen molar-refractivity contribution >= 4 is 5.97 Å². The molecule has 0 heterocycles. The molecule has 1 aromatic rings. The van der Waals surface area contributed by atoms with Crippen LogP contribution in [0.25, 0.3) is 0 Å². The Hall–Kier alpha value is -1.55. The van der Waals surface area contributed by atoms with Gasteiger partial charge in [-0.15, -0.1) is 0 Å². The van der Waals surface area contributed by atoms with Gasteiger partial charge >= 0.3 is 5.97 Å². The normalized spacial score (nSPS) is 14.2. The van der Waals surface area contributed by atoms with Crippen LogP contribution in [0.2, 0.25) is 0 Å². The first-order valence-corrected chi connectivity index (χ1v) is 6.52. The summed E-state index contributed by atoms with van der Waals surface area (Å²) < 4.78 is 5.57. The van der Waals surface area contributed by atoms with Gasteiger partial charge in [0.1, 0.15) is 11.3 Å². The van der Waals surface area contributed by atoms with Gasteiger partial charge in [0.25, 0.3) is 0 Å². The summed E-state index contributed by atoms with van der Waals surface area (Å²) in [7, 11) is 3.57. The van der Waals surface area contributed by atoms with Crippen molar-refractivity contribution in [1.82, 2.24) is 4.90 Å². The van der Waals surface area contributed by atoms with Gasteiger partial charge in [0.2, 0.25) is 0 Å². The zero-order valence-corrected chi connectivity index (χ0v) is 12.1. The van der Waals surface area contributed by atoms with Crippen LogP contribution in [0.5, 0.6) is 5.75 Å². The number of hydrogen-bond acceptors (Lipinski definition) is 3. The third-order valence-corrected chi connectivity index (χ3v) is 3.37. The highest BCUT2D eigenvalue weighted by Crippen LogP contribution is 2.22. The highest BCUT2D eigenvalue weighted by atomic mass is 16.5. The van der Waals surface area contributed by atoms with Crippen molar-refractivity contribution in [3.63, 3.8) is 0 Å². The van der Waals surface area contributed by atoms with Gasteiger partial charge in [-0.05, 0) is 45.1 Å². The molecule has 0 aliphatic heterocycles. The standard InChI is InChI=1S/C15H23NO3/c1-5-9-19-13-8-6-7-12(10-13)11-15(2,14(17)18)16(3)4/h6-8,10H,5,9,11H2,1-4H3,(H,17,18). The van der Waals surface area contributed by atoms with E-state index < -0.39 is 11.5 Å². The number of ether oxygens (including phenoxy) is 1. The van der Waals surface area contributed by atoms with Crippen LogP contribution < -0.4 is 4.74 Å². The Morgan fingerprint density at radius 1 is 1.42 bits per heavy atom. The molecule has 1 unspecified atom stereocenters. The van der Waals surface area contributed by atoms with Crippen LogP contribution in [0.3, 0.4) is 0 Å². The first kappa shape index (κ1) is 15.5. The fourth-order valence-corrected chi connectivity index (χ4v) is 1.79. The summed E-state index contributed by atoms with van der Waals surface area (Å²) >= 11 is 0. The largest absolute Gasteiger partial charge is 0.494 e. The zero-order valence-electron chi connectivity index (χ0n) is 12.1. The van der Waals surface area contributed by atoms with Crippen molar-refractivity contribution in [2.45, 2.75) is 32.2 Å². The fourth-order valence-electron chi connectivity index (χ4n) is 1.79. The molecular formula is C15H23NO3. The van der Waals surface area contributed by atoms with Gasteiger partial charge < -0.3 is 9.84 Å². The molecule has 0 aliphatic rings. The van der Waals surface area contributed by atoms with Crippen LogP contribution in [-0.2, 0) is 11.2 Å². The minimum absolute atomic E-state index is 0.443. The molecule has 0 spiro atoms. The highest BCUT2D eigenvalue weighted by molar-refractivity contribution is 5.78. The quantitative estimate of drug-likeness (QED) is 0.822. The van der Waals surface area contributed by atoms with E-state index in [0.29, 0.717) is 13.0 Å². The Labute approximate surface area is 115 Å². The first-order valence-electron chi connectivity index (χ1n) is 6.52. The summed E-state index contributed by atoms with van der Waals surface area (Å²) in [6.45, 7) is 4.46. The maximum Gasteiger partial charge on any atom is 0.324 e. The summed E-state index contributed by atoms with van der Waals surface area (Å²) in [5.74, 6) is -0.0248. The number of carboxylic acid groups (broad SMARTS) is 1. The highest BCUT2D eigenvalue weighted by Gasteiger charge is 2.35. The summed E-state index contributed by atoms with van der Waals surface area (Å²) in [5, 5.41) is 9.40. The third kappa shape index (κ3) is 3.96. The van der Waals surface area contributed by atoms with E-state index in [4.69, 9.17) is 4.74 Å². The SMILES string of the molecule is CCCOc1cccc(CC(C)(C(=O)O)N(C)C)c1. The summed E-state index contributed by atoms with van der Waals surface area (Å²) in [6, 6.07) is 7.65. The molecule has 106 valence electrons. The van der Waals surface area contributed by atoms with E-state index in [0.717, 1.165) is 17.7 Å². The molecule has 0 saturated carbocycles. The lowest BCUT2D eigenvalue weighted by Gasteiger charge is -2.32. The Balaban J connectivity index is 2.88. The summed E-state index contributed by atoms with van der Waals surface area (Å²) in [4.78, 5) is 13.2. The second-order valence-corrected chi connectivity index (χ2v) is 5.15. The second-order valence-electron chi connectivity index (χ2n) is 5.15. The Morgan fingerprint density at radius 2 is 2.11 bits per heavy atom. The molecular weight excluding hydrogens is 242 g/mol. The van der Waals surface area contributed by atoms with Gasteiger partial charge in [0, 0.05) is 6.42 Å². The predicted octanol–water partition coefficient (Wildman–Crippen LogP) is 2.42. The predicted molar refractivity (Wildman–Crippen MR) is 75.7 cm³/mol. The van der Waals surface area contributed by atoms with Gasteiger partial charge in [-0.2, -0.15) is 0 Å². The molecule has 19 heavy (non-hydrogen) atoms. The number of likely N-dealkylation sites (N-methyl/N-ethyl adjacent to an activating group) is 1. The molecule has 1 rings (SSSR count). The summed E-state index contributed by atoms with van der Waals surface area (Å²) in [5.41, 5.74) is 0.0517. The van der Waals surface area contributed by atoms with Gasteiger partial charge in [-0.25, -0.2) is 0 Å². The molecule has 0 bridgehead atoms. The zero-order chi connectivity index (χ0) is 14.5. The van der Waals surface area contributed by atoms with Crippen molar-refractivity contribution in [2.24, 2.45) is 0 Å². The number of aliphatic carboxylic acids is 1. The number of rotatable bonds is 7. The van der Waals surface area contributed by atoms with E-state index in [-0.39, 0.29) is 0 Å². The van der Waals surface area contributed by atoms with E-state index in [1.54, 1.807) is 25.9 Å². The van der Waals surface area contributed by atoms with E-state index in [2.05, 4.69) is 6.92 Å². The molecule has 4 nitrogen and oxygen atoms in total. The lowest BCUT2D eigenvalue weighted by molar-refractivity contribution is -0.148. The molecule has 4 heteroatoms. The van der Waals surface area contributed by atoms with Crippen LogP contribution in [0.4, 0.5) is 0 Å². The smallest absolute Gasteiger partial charge is 0.324 e. The van der Waals surface area contributed by atoms with Gasteiger partial charge in [0.15, 0.2) is 0 Å². The average molecular weight is 265 g/mol. The lowest BCUT2D eigenvalue weighted by atomic mass is 9.91. The Bertz CT molecular complexity index is 431. The monoisotopic (exact) mass is 265 g/mol. The second kappa shape index (κ2) is 6.57. The van der Waals surface area contributed by atoms with Crippen molar-refractivity contribution < 1.29 is 14.6 Å². The van der Waals surface area contributed by atoms with Crippen LogP contribution in [0.1, 0.15) is 25.8 Å². The van der Waals surface area contributed by atoms with Crippen LogP contribution in [0.15, 0.2) is 24.3 Å². The third-order valence-electron chi connectivity index (χ3n) is 3.37. The molecule has 0 radical (unpaired) electrons. The molecule has 1 N–H and O–H groups in total. The number of benzene rings is 1. The molecule has 1 aromatic carbocycles. The van der Waals surface area contributed by atoms with E-state index >= 15 is 0 Å². The van der Waals surface area contributed by atoms with Crippen LogP contribution in [-0.4, -0.2) is 42.2 Å². The Kier molecular flexibility index (Phi) is 5.36. The maximum atomic E-state index is 11.5. The van der Waals surface area contributed by atoms with Crippen molar-refractivity contribution in [3.05, 3.63) is 29.8 Å². The number of nitrogens with zero attached hydrogens (tertiary/aromatic N) is 1. The van der Waals surface area contributed by atoms with Crippen molar-refractivity contribution in [2.75, 3.05) is 20.7 Å². The lowest BCUT2D eigenvalue weighted by Crippen LogP contribution is -2.50. The molecule has 0 aromatic heterocycles. The van der Waals surface area contributed by atoms with Crippen molar-refractivity contribution in [3.8, 4) is 5.75 Å². The molecule has 0 fully saturated rings. The topological polar surface area (TPSA) is 49.8 Å². The minimum Gasteiger partial charge on any atom is -0.494 e. The molecule has 0 aliphatic carbocycles. The molecule has 0 amide bonds. The van der Waals surface area contributed by atoms with Gasteiger partial charge in [-0.1, -0.05) is 19.1 Å². The van der Waals surface area contributed by atoms with Gasteiger partial charge in [0.05, 0.1) is 6.61 Å². The average Bonchev–Trinajstić information content (AvgIpc) is 2.36. The number of hydrogen-bond donors (Lipinski definition) is 1.